The van der Waals surface area contributed by atoms with Crippen molar-refractivity contribution < 1.29 is 4.42 Å². The van der Waals surface area contributed by atoms with Crippen LogP contribution in [0.2, 0.25) is 0 Å². The van der Waals surface area contributed by atoms with Gasteiger partial charge in [-0.25, -0.2) is 0 Å². The average molecular weight is 714 g/mol. The summed E-state index contributed by atoms with van der Waals surface area (Å²) in [5.41, 5.74) is 12.2. The molecule has 262 valence electrons. The first-order valence-electron chi connectivity index (χ1n) is 19.2. The normalized spacial score (nSPS) is 11.6. The number of hydrogen-bond donors (Lipinski definition) is 0. The fraction of sp³-hybridized carbons (Fsp3) is 0. The summed E-state index contributed by atoms with van der Waals surface area (Å²) in [5, 5.41) is 9.84. The van der Waals surface area contributed by atoms with Gasteiger partial charge in [-0.15, -0.1) is 0 Å². The van der Waals surface area contributed by atoms with E-state index >= 15 is 0 Å². The minimum Gasteiger partial charge on any atom is -0.456 e. The van der Waals surface area contributed by atoms with E-state index in [0.29, 0.717) is 0 Å². The molecule has 2 nitrogen and oxygen atoms in total. The van der Waals surface area contributed by atoms with Gasteiger partial charge in [0.05, 0.1) is 0 Å². The summed E-state index contributed by atoms with van der Waals surface area (Å²) < 4.78 is 6.24. The molecular weight excluding hydrogens is 679 g/mol. The molecule has 11 rings (SSSR count). The first kappa shape index (κ1) is 32.0. The number of rotatable bonds is 6. The third-order valence-electron chi connectivity index (χ3n) is 11.2. The van der Waals surface area contributed by atoms with Crippen LogP contribution in [0.3, 0.4) is 0 Å². The highest BCUT2D eigenvalue weighted by Crippen LogP contribution is 2.41. The lowest BCUT2D eigenvalue weighted by Crippen LogP contribution is -2.10. The predicted molar refractivity (Wildman–Crippen MR) is 237 cm³/mol. The van der Waals surface area contributed by atoms with Crippen molar-refractivity contribution in [3.63, 3.8) is 0 Å². The molecule has 0 radical (unpaired) electrons. The Morgan fingerprint density at radius 2 is 0.821 bits per heavy atom. The monoisotopic (exact) mass is 713 g/mol. The maximum Gasteiger partial charge on any atom is 0.136 e. The summed E-state index contributed by atoms with van der Waals surface area (Å²) in [5.74, 6) is 0. The fourth-order valence-electron chi connectivity index (χ4n) is 8.54. The Labute approximate surface area is 325 Å². The highest BCUT2D eigenvalue weighted by Gasteiger charge is 2.17. The van der Waals surface area contributed by atoms with Crippen molar-refractivity contribution in [1.82, 2.24) is 0 Å². The number of benzene rings is 10. The predicted octanol–water partition coefficient (Wildman–Crippen LogP) is 15.5. The largest absolute Gasteiger partial charge is 0.456 e. The second kappa shape index (κ2) is 13.2. The molecule has 56 heavy (non-hydrogen) atoms. The molecule has 0 saturated heterocycles. The van der Waals surface area contributed by atoms with Crippen LogP contribution in [0.4, 0.5) is 17.1 Å². The zero-order chi connectivity index (χ0) is 37.0. The maximum absolute atomic E-state index is 6.24. The molecule has 0 aliphatic rings. The molecule has 0 unspecified atom stereocenters. The Morgan fingerprint density at radius 1 is 0.286 bits per heavy atom. The number of nitrogens with zero attached hydrogens (tertiary/aromatic N) is 1. The van der Waals surface area contributed by atoms with Gasteiger partial charge in [0.1, 0.15) is 11.2 Å². The zero-order valence-electron chi connectivity index (χ0n) is 30.6. The molecule has 0 fully saturated rings. The van der Waals surface area contributed by atoms with Gasteiger partial charge in [-0.1, -0.05) is 158 Å². The molecule has 0 aliphatic carbocycles. The third kappa shape index (κ3) is 5.42. The van der Waals surface area contributed by atoms with Crippen LogP contribution in [0, 0.1) is 0 Å². The van der Waals surface area contributed by atoms with Crippen LogP contribution in [0.15, 0.2) is 217 Å². The summed E-state index contributed by atoms with van der Waals surface area (Å²) in [7, 11) is 0. The summed E-state index contributed by atoms with van der Waals surface area (Å²) in [6.07, 6.45) is 0. The first-order chi connectivity index (χ1) is 27.7. The van der Waals surface area contributed by atoms with Gasteiger partial charge < -0.3 is 9.32 Å². The van der Waals surface area contributed by atoms with Crippen LogP contribution >= 0.6 is 0 Å². The molecule has 0 spiro atoms. The Hall–Kier alpha value is -7.42. The van der Waals surface area contributed by atoms with Crippen LogP contribution < -0.4 is 4.90 Å². The van der Waals surface area contributed by atoms with Crippen molar-refractivity contribution in [1.29, 1.82) is 0 Å². The summed E-state index contributed by atoms with van der Waals surface area (Å²) in [4.78, 5) is 2.36. The van der Waals surface area contributed by atoms with E-state index in [1.54, 1.807) is 0 Å². The minimum absolute atomic E-state index is 0.902. The van der Waals surface area contributed by atoms with Gasteiger partial charge in [0.15, 0.2) is 0 Å². The number of hydrogen-bond acceptors (Lipinski definition) is 2. The van der Waals surface area contributed by atoms with Gasteiger partial charge in [-0.2, -0.15) is 0 Å². The van der Waals surface area contributed by atoms with Gasteiger partial charge in [0.25, 0.3) is 0 Å². The van der Waals surface area contributed by atoms with Crippen LogP contribution in [-0.4, -0.2) is 0 Å². The molecule has 1 heterocycles. The van der Waals surface area contributed by atoms with Gasteiger partial charge in [-0.3, -0.25) is 0 Å². The van der Waals surface area contributed by atoms with Gasteiger partial charge in [0, 0.05) is 27.8 Å². The van der Waals surface area contributed by atoms with E-state index in [1.807, 2.05) is 12.1 Å². The Balaban J connectivity index is 1.02. The van der Waals surface area contributed by atoms with E-state index in [4.69, 9.17) is 4.42 Å². The molecule has 11 aromatic rings. The standard InChI is InChI=1S/C54H35NO/c1-3-15-46-36(10-1)12-8-18-48(46)38-24-29-43(30-25-38)55(44-31-26-39(27-32-44)50-19-9-21-53-54(50)51-17-5-6-20-52(51)56-53)45-14-7-13-40(35-45)41-28-33-49-42(34-41)23-22-37-11-2-4-16-47(37)49/h1-35H. The number of anilines is 3. The van der Waals surface area contributed by atoms with Crippen LogP contribution in [-0.2, 0) is 0 Å². The van der Waals surface area contributed by atoms with E-state index in [9.17, 15) is 0 Å². The van der Waals surface area contributed by atoms with Crippen LogP contribution in [0.25, 0.3) is 87.6 Å². The van der Waals surface area contributed by atoms with E-state index in [0.717, 1.165) is 50.1 Å². The molecule has 0 aliphatic heterocycles. The van der Waals surface area contributed by atoms with Gasteiger partial charge in [-0.05, 0) is 120 Å². The van der Waals surface area contributed by atoms with E-state index in [1.165, 1.54) is 54.6 Å². The van der Waals surface area contributed by atoms with Crippen molar-refractivity contribution in [2.24, 2.45) is 0 Å². The van der Waals surface area contributed by atoms with E-state index in [-0.39, 0.29) is 0 Å². The highest BCUT2D eigenvalue weighted by molar-refractivity contribution is 6.12. The van der Waals surface area contributed by atoms with Crippen molar-refractivity contribution in [3.8, 4) is 33.4 Å². The maximum atomic E-state index is 6.24. The molecule has 0 saturated carbocycles. The van der Waals surface area contributed by atoms with E-state index in [2.05, 4.69) is 205 Å². The Bertz CT molecular complexity index is 3240. The third-order valence-corrected chi connectivity index (χ3v) is 11.2. The Kier molecular flexibility index (Phi) is 7.53. The molecule has 0 amide bonds. The number of fused-ring (bicyclic) bond motifs is 7. The first-order valence-corrected chi connectivity index (χ1v) is 19.2. The SMILES string of the molecule is c1cc(-c2ccc3c(ccc4ccccc43)c2)cc(N(c2ccc(-c3cccc4ccccc34)cc2)c2ccc(-c3cccc4oc5ccccc5c34)cc2)c1. The van der Waals surface area contributed by atoms with Crippen molar-refractivity contribution in [2.45, 2.75) is 0 Å². The molecule has 10 aromatic carbocycles. The number of para-hydroxylation sites is 1. The van der Waals surface area contributed by atoms with Crippen molar-refractivity contribution in [3.05, 3.63) is 212 Å². The minimum atomic E-state index is 0.902. The Morgan fingerprint density at radius 3 is 1.62 bits per heavy atom. The second-order valence-electron chi connectivity index (χ2n) is 14.5. The molecular formula is C54H35NO. The summed E-state index contributed by atoms with van der Waals surface area (Å²) >= 11 is 0. The van der Waals surface area contributed by atoms with Crippen molar-refractivity contribution in [2.75, 3.05) is 4.90 Å². The summed E-state index contributed by atoms with van der Waals surface area (Å²) in [6.45, 7) is 0. The smallest absolute Gasteiger partial charge is 0.136 e. The average Bonchev–Trinajstić information content (AvgIpc) is 3.66. The quantitative estimate of drug-likeness (QED) is 0.160. The summed E-state index contributed by atoms with van der Waals surface area (Å²) in [6, 6.07) is 76.6. The van der Waals surface area contributed by atoms with Gasteiger partial charge in [0.2, 0.25) is 0 Å². The molecule has 2 heteroatoms. The molecule has 0 bridgehead atoms. The molecule has 0 atom stereocenters. The van der Waals surface area contributed by atoms with Crippen molar-refractivity contribution >= 4 is 71.3 Å². The van der Waals surface area contributed by atoms with E-state index < -0.39 is 0 Å². The zero-order valence-corrected chi connectivity index (χ0v) is 30.6. The van der Waals surface area contributed by atoms with Gasteiger partial charge >= 0.3 is 0 Å². The lowest BCUT2D eigenvalue weighted by molar-refractivity contribution is 0.669. The van der Waals surface area contributed by atoms with Crippen LogP contribution in [0.5, 0.6) is 0 Å². The molecule has 1 aromatic heterocycles. The highest BCUT2D eigenvalue weighted by atomic mass is 16.3. The van der Waals surface area contributed by atoms with Crippen LogP contribution in [0.1, 0.15) is 0 Å². The number of furan rings is 1. The lowest BCUT2D eigenvalue weighted by Gasteiger charge is -2.26. The lowest BCUT2D eigenvalue weighted by atomic mass is 9.96. The fourth-order valence-corrected chi connectivity index (χ4v) is 8.54. The topological polar surface area (TPSA) is 16.4 Å². The second-order valence-corrected chi connectivity index (χ2v) is 14.5. The molecule has 0 N–H and O–H groups in total.